The van der Waals surface area contributed by atoms with E-state index in [1.807, 2.05) is 24.3 Å². The lowest BCUT2D eigenvalue weighted by molar-refractivity contribution is 0.264. The van der Waals surface area contributed by atoms with Crippen LogP contribution in [-0.4, -0.2) is 17.6 Å². The number of pyridine rings is 1. The molecule has 0 amide bonds. The van der Waals surface area contributed by atoms with Gasteiger partial charge in [0.15, 0.2) is 0 Å². The van der Waals surface area contributed by atoms with Crippen LogP contribution in [0.5, 0.6) is 5.75 Å². The van der Waals surface area contributed by atoms with Crippen LogP contribution in [-0.2, 0) is 6.42 Å². The van der Waals surface area contributed by atoms with Crippen molar-refractivity contribution in [3.63, 3.8) is 0 Å². The zero-order chi connectivity index (χ0) is 11.7. The Labute approximate surface area is 106 Å². The molecule has 2 aromatic rings. The molecule has 3 rings (SSSR count). The fraction of sp³-hybridized carbons (Fsp3) is 0.214. The molecule has 0 radical (unpaired) electrons. The number of benzene rings is 1. The molecule has 0 unspecified atom stereocenters. The van der Waals surface area contributed by atoms with Gasteiger partial charge in [-0.1, -0.05) is 12.1 Å². The molecule has 94 valence electrons. The Balaban J connectivity index is 0.00000120. The summed E-state index contributed by atoms with van der Waals surface area (Å²) in [5, 5.41) is 0. The highest BCUT2D eigenvalue weighted by molar-refractivity contribution is 5.70. The molecule has 0 aliphatic carbocycles. The van der Waals surface area contributed by atoms with Crippen molar-refractivity contribution in [1.82, 2.24) is 11.1 Å². The SMILES string of the molecule is N.N[C@@H]1COc2cccc(-c3ccncc3)c2C1. The molecule has 5 N–H and O–H groups in total. The minimum absolute atomic E-state index is 0. The van der Waals surface area contributed by atoms with E-state index in [9.17, 15) is 0 Å². The summed E-state index contributed by atoms with van der Waals surface area (Å²) < 4.78 is 5.66. The molecule has 1 aliphatic rings. The van der Waals surface area contributed by atoms with Crippen LogP contribution in [0.3, 0.4) is 0 Å². The van der Waals surface area contributed by atoms with Crippen molar-refractivity contribution < 1.29 is 4.74 Å². The van der Waals surface area contributed by atoms with Gasteiger partial charge in [-0.2, -0.15) is 0 Å². The highest BCUT2D eigenvalue weighted by Crippen LogP contribution is 2.33. The van der Waals surface area contributed by atoms with Gasteiger partial charge in [-0.05, 0) is 35.7 Å². The number of fused-ring (bicyclic) bond motifs is 1. The van der Waals surface area contributed by atoms with Gasteiger partial charge < -0.3 is 16.6 Å². The molecule has 1 aromatic carbocycles. The van der Waals surface area contributed by atoms with E-state index in [0.29, 0.717) is 6.61 Å². The zero-order valence-corrected chi connectivity index (χ0v) is 10.2. The Morgan fingerprint density at radius 2 is 1.94 bits per heavy atom. The molecule has 4 heteroatoms. The fourth-order valence-corrected chi connectivity index (χ4v) is 2.23. The predicted molar refractivity (Wildman–Crippen MR) is 71.9 cm³/mol. The summed E-state index contributed by atoms with van der Waals surface area (Å²) >= 11 is 0. The van der Waals surface area contributed by atoms with Crippen LogP contribution in [0.1, 0.15) is 5.56 Å². The summed E-state index contributed by atoms with van der Waals surface area (Å²) in [6, 6.07) is 10.2. The number of ether oxygens (including phenoxy) is 1. The monoisotopic (exact) mass is 243 g/mol. The molecule has 4 nitrogen and oxygen atoms in total. The zero-order valence-electron chi connectivity index (χ0n) is 10.2. The second kappa shape index (κ2) is 5.16. The average Bonchev–Trinajstić information content (AvgIpc) is 2.39. The van der Waals surface area contributed by atoms with Gasteiger partial charge in [0.05, 0.1) is 0 Å². The van der Waals surface area contributed by atoms with Gasteiger partial charge >= 0.3 is 0 Å². The molecule has 1 aromatic heterocycles. The fourth-order valence-electron chi connectivity index (χ4n) is 2.23. The average molecular weight is 243 g/mol. The second-order valence-corrected chi connectivity index (χ2v) is 4.29. The smallest absolute Gasteiger partial charge is 0.123 e. The Bertz CT molecular complexity index is 528. The van der Waals surface area contributed by atoms with Crippen molar-refractivity contribution >= 4 is 0 Å². The molecule has 0 saturated heterocycles. The molecule has 0 saturated carbocycles. The molecule has 1 aliphatic heterocycles. The van der Waals surface area contributed by atoms with Crippen LogP contribution < -0.4 is 16.6 Å². The summed E-state index contributed by atoms with van der Waals surface area (Å²) in [4.78, 5) is 4.04. The summed E-state index contributed by atoms with van der Waals surface area (Å²) in [6.07, 6.45) is 4.48. The van der Waals surface area contributed by atoms with Crippen molar-refractivity contribution in [1.29, 1.82) is 0 Å². The lowest BCUT2D eigenvalue weighted by atomic mass is 9.94. The maximum atomic E-state index is 5.96. The quantitative estimate of drug-likeness (QED) is 0.804. The lowest BCUT2D eigenvalue weighted by Gasteiger charge is -2.24. The first kappa shape index (κ1) is 12.5. The van der Waals surface area contributed by atoms with Crippen LogP contribution >= 0.6 is 0 Å². The topological polar surface area (TPSA) is 83.1 Å². The predicted octanol–water partition coefficient (Wildman–Crippen LogP) is 2.17. The van der Waals surface area contributed by atoms with Crippen molar-refractivity contribution in [2.24, 2.45) is 5.73 Å². The van der Waals surface area contributed by atoms with Crippen molar-refractivity contribution in [2.45, 2.75) is 12.5 Å². The first-order chi connectivity index (χ1) is 8.34. The van der Waals surface area contributed by atoms with Crippen molar-refractivity contribution in [2.75, 3.05) is 6.61 Å². The van der Waals surface area contributed by atoms with E-state index in [1.54, 1.807) is 12.4 Å². The summed E-state index contributed by atoms with van der Waals surface area (Å²) in [5.74, 6) is 0.959. The van der Waals surface area contributed by atoms with Gasteiger partial charge in [-0.3, -0.25) is 4.98 Å². The third-order valence-corrected chi connectivity index (χ3v) is 3.04. The molecular formula is C14H17N3O. The first-order valence-corrected chi connectivity index (χ1v) is 5.75. The highest BCUT2D eigenvalue weighted by atomic mass is 16.5. The van der Waals surface area contributed by atoms with Gasteiger partial charge in [-0.25, -0.2) is 0 Å². The number of nitrogens with zero attached hydrogens (tertiary/aromatic N) is 1. The number of hydrogen-bond acceptors (Lipinski definition) is 4. The van der Waals surface area contributed by atoms with Crippen LogP contribution in [0, 0.1) is 0 Å². The Kier molecular flexibility index (Phi) is 3.60. The first-order valence-electron chi connectivity index (χ1n) is 5.75. The van der Waals surface area contributed by atoms with E-state index < -0.39 is 0 Å². The largest absolute Gasteiger partial charge is 0.492 e. The normalized spacial score (nSPS) is 17.3. The van der Waals surface area contributed by atoms with Crippen LogP contribution in [0.2, 0.25) is 0 Å². The highest BCUT2D eigenvalue weighted by Gasteiger charge is 2.19. The molecule has 2 heterocycles. The number of nitrogens with two attached hydrogens (primary N) is 1. The molecule has 1 atom stereocenters. The molecule has 0 bridgehead atoms. The summed E-state index contributed by atoms with van der Waals surface area (Å²) in [5.41, 5.74) is 9.52. The van der Waals surface area contributed by atoms with Gasteiger partial charge in [0, 0.05) is 24.0 Å². The van der Waals surface area contributed by atoms with E-state index in [-0.39, 0.29) is 12.2 Å². The Morgan fingerprint density at radius 1 is 1.17 bits per heavy atom. The molecular weight excluding hydrogens is 226 g/mol. The number of hydrogen-bond donors (Lipinski definition) is 2. The van der Waals surface area contributed by atoms with E-state index in [4.69, 9.17) is 10.5 Å². The van der Waals surface area contributed by atoms with E-state index in [2.05, 4.69) is 11.1 Å². The van der Waals surface area contributed by atoms with Gasteiger partial charge in [0.2, 0.25) is 0 Å². The maximum Gasteiger partial charge on any atom is 0.123 e. The number of rotatable bonds is 1. The van der Waals surface area contributed by atoms with Crippen molar-refractivity contribution in [3.8, 4) is 16.9 Å². The molecule has 0 spiro atoms. The third-order valence-electron chi connectivity index (χ3n) is 3.04. The van der Waals surface area contributed by atoms with E-state index >= 15 is 0 Å². The minimum atomic E-state index is 0. The standard InChI is InChI=1S/C14H14N2O.H3N/c15-11-8-13-12(10-4-6-16-7-5-10)2-1-3-14(13)17-9-11;/h1-7,11H,8-9,15H2;1H3/t11-;/m0./s1. The van der Waals surface area contributed by atoms with Crippen LogP contribution in [0.4, 0.5) is 0 Å². The Morgan fingerprint density at radius 3 is 2.72 bits per heavy atom. The van der Waals surface area contributed by atoms with Gasteiger partial charge in [-0.15, -0.1) is 0 Å². The molecule has 18 heavy (non-hydrogen) atoms. The third kappa shape index (κ3) is 2.20. The van der Waals surface area contributed by atoms with Crippen LogP contribution in [0.15, 0.2) is 42.7 Å². The molecule has 0 fully saturated rings. The second-order valence-electron chi connectivity index (χ2n) is 4.29. The summed E-state index contributed by atoms with van der Waals surface area (Å²) in [7, 11) is 0. The van der Waals surface area contributed by atoms with Crippen molar-refractivity contribution in [3.05, 3.63) is 48.3 Å². The van der Waals surface area contributed by atoms with Gasteiger partial charge in [0.25, 0.3) is 0 Å². The minimum Gasteiger partial charge on any atom is -0.492 e. The van der Waals surface area contributed by atoms with Gasteiger partial charge in [0.1, 0.15) is 12.4 Å². The lowest BCUT2D eigenvalue weighted by Crippen LogP contribution is -2.34. The Hall–Kier alpha value is -1.91. The maximum absolute atomic E-state index is 5.96. The van der Waals surface area contributed by atoms with Crippen LogP contribution in [0.25, 0.3) is 11.1 Å². The van der Waals surface area contributed by atoms with E-state index in [1.165, 1.54) is 11.1 Å². The number of aromatic nitrogens is 1. The van der Waals surface area contributed by atoms with E-state index in [0.717, 1.165) is 17.7 Å². The summed E-state index contributed by atoms with van der Waals surface area (Å²) in [6.45, 7) is 0.604.